The van der Waals surface area contributed by atoms with Crippen LogP contribution in [0.3, 0.4) is 0 Å². The maximum absolute atomic E-state index is 12.9. The first-order valence-corrected chi connectivity index (χ1v) is 11.6. The molecule has 4 rings (SSSR count). The van der Waals surface area contributed by atoms with E-state index in [0.29, 0.717) is 41.7 Å². The molecule has 3 aromatic rings. The van der Waals surface area contributed by atoms with E-state index in [-0.39, 0.29) is 29.6 Å². The number of fused-ring (bicyclic) bond motifs is 1. The molecule has 0 spiro atoms. The van der Waals surface area contributed by atoms with E-state index >= 15 is 0 Å². The van der Waals surface area contributed by atoms with Gasteiger partial charge in [0, 0.05) is 30.7 Å². The van der Waals surface area contributed by atoms with E-state index in [1.54, 1.807) is 12.1 Å². The van der Waals surface area contributed by atoms with Gasteiger partial charge in [-0.1, -0.05) is 49.7 Å². The van der Waals surface area contributed by atoms with Gasteiger partial charge in [0.2, 0.25) is 0 Å². The first-order valence-electron chi connectivity index (χ1n) is 11.3. The number of halogens is 2. The second-order valence-corrected chi connectivity index (χ2v) is 9.18. The topological polar surface area (TPSA) is 71.8 Å². The Kier molecular flexibility index (Phi) is 8.77. The predicted octanol–water partition coefficient (Wildman–Crippen LogP) is 5.10. The molecule has 2 aromatic carbocycles. The van der Waals surface area contributed by atoms with Crippen LogP contribution in [-0.4, -0.2) is 43.7 Å². The summed E-state index contributed by atoms with van der Waals surface area (Å²) in [5, 5.41) is 3.82. The zero-order valence-corrected chi connectivity index (χ0v) is 21.2. The average molecular weight is 505 g/mol. The molecule has 0 bridgehead atoms. The van der Waals surface area contributed by atoms with Gasteiger partial charge in [-0.15, -0.1) is 12.4 Å². The molecule has 1 aromatic heterocycles. The number of carbonyl (C=O) groups is 1. The van der Waals surface area contributed by atoms with Gasteiger partial charge in [-0.25, -0.2) is 0 Å². The Balaban J connectivity index is 0.00000324. The van der Waals surface area contributed by atoms with Crippen molar-refractivity contribution >= 4 is 40.9 Å². The molecule has 0 saturated carbocycles. The monoisotopic (exact) mass is 504 g/mol. The summed E-state index contributed by atoms with van der Waals surface area (Å²) >= 11 is 6.13. The number of benzene rings is 2. The molecule has 1 unspecified atom stereocenters. The largest absolute Gasteiger partial charge is 0.451 e. The fourth-order valence-electron chi connectivity index (χ4n) is 4.12. The normalized spacial score (nSPS) is 15.2. The van der Waals surface area contributed by atoms with Crippen LogP contribution in [0, 0.1) is 6.92 Å². The summed E-state index contributed by atoms with van der Waals surface area (Å²) < 4.78 is 11.3. The molecule has 0 radical (unpaired) electrons. The Morgan fingerprint density at radius 2 is 1.74 bits per heavy atom. The minimum atomic E-state index is -0.418. The molecule has 1 aliphatic heterocycles. The van der Waals surface area contributed by atoms with Crippen molar-refractivity contribution in [2.75, 3.05) is 32.8 Å². The van der Waals surface area contributed by atoms with E-state index in [4.69, 9.17) is 20.8 Å². The fraction of sp³-hybridized carbons (Fsp3) is 0.385. The molecule has 1 aliphatic rings. The van der Waals surface area contributed by atoms with Crippen molar-refractivity contribution in [3.05, 3.63) is 80.2 Å². The zero-order valence-electron chi connectivity index (χ0n) is 19.6. The van der Waals surface area contributed by atoms with Gasteiger partial charge < -0.3 is 14.5 Å². The van der Waals surface area contributed by atoms with Gasteiger partial charge in [-0.05, 0) is 41.7 Å². The maximum Gasteiger partial charge on any atom is 0.287 e. The second-order valence-electron chi connectivity index (χ2n) is 8.77. The first kappa shape index (κ1) is 26.2. The molecule has 1 N–H and O–H groups in total. The molecular weight excluding hydrogens is 475 g/mol. The number of aryl methyl sites for hydroxylation is 1. The van der Waals surface area contributed by atoms with Crippen molar-refractivity contribution < 1.29 is 13.9 Å². The lowest BCUT2D eigenvalue weighted by atomic mass is 9.98. The van der Waals surface area contributed by atoms with E-state index in [1.807, 2.05) is 6.92 Å². The van der Waals surface area contributed by atoms with Crippen LogP contribution in [-0.2, 0) is 4.74 Å². The van der Waals surface area contributed by atoms with Gasteiger partial charge in [0.05, 0.1) is 24.6 Å². The third-order valence-corrected chi connectivity index (χ3v) is 6.57. The van der Waals surface area contributed by atoms with Crippen LogP contribution in [0.1, 0.15) is 53.1 Å². The Hall–Kier alpha value is -2.38. The highest BCUT2D eigenvalue weighted by Crippen LogP contribution is 2.25. The van der Waals surface area contributed by atoms with Gasteiger partial charge >= 0.3 is 0 Å². The van der Waals surface area contributed by atoms with E-state index < -0.39 is 5.91 Å². The first-order chi connectivity index (χ1) is 15.8. The molecule has 8 heteroatoms. The zero-order chi connectivity index (χ0) is 23.5. The lowest BCUT2D eigenvalue weighted by molar-refractivity contribution is 0.0161. The third-order valence-electron chi connectivity index (χ3n) is 6.16. The lowest BCUT2D eigenvalue weighted by Crippen LogP contribution is -2.43. The fourth-order valence-corrected chi connectivity index (χ4v) is 4.28. The Morgan fingerprint density at radius 1 is 1.09 bits per heavy atom. The van der Waals surface area contributed by atoms with Crippen molar-refractivity contribution in [3.8, 4) is 0 Å². The Morgan fingerprint density at radius 3 is 2.38 bits per heavy atom. The summed E-state index contributed by atoms with van der Waals surface area (Å²) in [7, 11) is 0. The highest BCUT2D eigenvalue weighted by molar-refractivity contribution is 6.32. The number of hydrogen-bond acceptors (Lipinski definition) is 5. The van der Waals surface area contributed by atoms with E-state index in [1.165, 1.54) is 11.6 Å². The smallest absolute Gasteiger partial charge is 0.287 e. The molecule has 182 valence electrons. The van der Waals surface area contributed by atoms with Gasteiger partial charge in [0.25, 0.3) is 5.91 Å². The van der Waals surface area contributed by atoms with E-state index in [2.05, 4.69) is 48.3 Å². The van der Waals surface area contributed by atoms with Gasteiger partial charge in [0.15, 0.2) is 11.2 Å². The maximum atomic E-state index is 12.9. The number of carbonyl (C=O) groups excluding carboxylic acids is 1. The predicted molar refractivity (Wildman–Crippen MR) is 137 cm³/mol. The number of amides is 1. The van der Waals surface area contributed by atoms with E-state index in [9.17, 15) is 9.59 Å². The van der Waals surface area contributed by atoms with E-state index in [0.717, 1.165) is 24.2 Å². The number of ether oxygens (including phenoxy) is 1. The lowest BCUT2D eigenvalue weighted by Gasteiger charge is -2.35. The molecule has 34 heavy (non-hydrogen) atoms. The second kappa shape index (κ2) is 11.4. The average Bonchev–Trinajstić information content (AvgIpc) is 2.81. The van der Waals surface area contributed by atoms with Gasteiger partial charge in [-0.3, -0.25) is 14.5 Å². The van der Waals surface area contributed by atoms with Crippen molar-refractivity contribution in [2.24, 2.45) is 0 Å². The number of rotatable bonds is 6. The summed E-state index contributed by atoms with van der Waals surface area (Å²) in [5.74, 6) is 0.0266. The minimum Gasteiger partial charge on any atom is -0.451 e. The van der Waals surface area contributed by atoms with Crippen LogP contribution in [0.15, 0.2) is 51.7 Å². The molecular formula is C26H30Cl2N2O4. The van der Waals surface area contributed by atoms with Crippen molar-refractivity contribution in [3.63, 3.8) is 0 Å². The number of hydrogen-bond donors (Lipinski definition) is 1. The van der Waals surface area contributed by atoms with Crippen LogP contribution in [0.25, 0.3) is 11.0 Å². The third kappa shape index (κ3) is 5.81. The number of nitrogens with one attached hydrogen (secondary N) is 1. The van der Waals surface area contributed by atoms with Crippen LogP contribution in [0.2, 0.25) is 5.02 Å². The molecule has 6 nitrogen and oxygen atoms in total. The summed E-state index contributed by atoms with van der Waals surface area (Å²) in [6.45, 7) is 9.46. The molecule has 1 fully saturated rings. The van der Waals surface area contributed by atoms with Crippen LogP contribution in [0.4, 0.5) is 0 Å². The van der Waals surface area contributed by atoms with Crippen LogP contribution in [0.5, 0.6) is 0 Å². The minimum absolute atomic E-state index is 0. The number of nitrogens with zero attached hydrogens (tertiary/aromatic N) is 1. The van der Waals surface area contributed by atoms with Gasteiger partial charge in [-0.2, -0.15) is 0 Å². The quantitative estimate of drug-likeness (QED) is 0.505. The van der Waals surface area contributed by atoms with Crippen LogP contribution < -0.4 is 10.7 Å². The summed E-state index contributed by atoms with van der Waals surface area (Å²) in [6.07, 6.45) is 0. The Labute approximate surface area is 210 Å². The molecule has 2 heterocycles. The highest BCUT2D eigenvalue weighted by Gasteiger charge is 2.24. The molecule has 0 aliphatic carbocycles. The van der Waals surface area contributed by atoms with Crippen molar-refractivity contribution in [1.29, 1.82) is 0 Å². The van der Waals surface area contributed by atoms with Gasteiger partial charge in [0.1, 0.15) is 5.58 Å². The molecule has 1 saturated heterocycles. The standard InChI is InChI=1S/C26H29ClN2O4.ClH/c1-16(2)18-4-6-19(7-5-18)22(29-8-10-32-11-9-29)15-28-26(31)25-14-23(30)20-13-21(27)17(3)12-24(20)33-25;/h4-7,12-14,16,22H,8-11,15H2,1-3H3,(H,28,31);1H. The van der Waals surface area contributed by atoms with Crippen molar-refractivity contribution in [1.82, 2.24) is 10.2 Å². The summed E-state index contributed by atoms with van der Waals surface area (Å²) in [5.41, 5.74) is 3.24. The highest BCUT2D eigenvalue weighted by atomic mass is 35.5. The van der Waals surface area contributed by atoms with Crippen LogP contribution >= 0.6 is 24.0 Å². The molecule has 1 amide bonds. The summed E-state index contributed by atoms with van der Waals surface area (Å²) in [6, 6.07) is 13.0. The van der Waals surface area contributed by atoms with Crippen molar-refractivity contribution in [2.45, 2.75) is 32.7 Å². The summed E-state index contributed by atoms with van der Waals surface area (Å²) in [4.78, 5) is 27.8. The number of morpholine rings is 1. The Bertz CT molecular complexity index is 1200. The SMILES string of the molecule is Cc1cc2oc(C(=O)NCC(c3ccc(C(C)C)cc3)N3CCOCC3)cc(=O)c2cc1Cl.Cl. The molecule has 1 atom stereocenters.